The highest BCUT2D eigenvalue weighted by Gasteiger charge is 2.26. The van der Waals surface area contributed by atoms with Gasteiger partial charge in [-0.25, -0.2) is 4.98 Å². The molecule has 2 heterocycles. The Morgan fingerprint density at radius 1 is 1.65 bits per heavy atom. The second-order valence-electron chi connectivity index (χ2n) is 4.24. The Kier molecular flexibility index (Phi) is 4.25. The zero-order valence-electron chi connectivity index (χ0n) is 10.3. The molecule has 1 aliphatic heterocycles. The second-order valence-corrected chi connectivity index (χ2v) is 5.39. The van der Waals surface area contributed by atoms with Crippen LogP contribution in [0.5, 0.6) is 0 Å². The van der Waals surface area contributed by atoms with Gasteiger partial charge in [0.25, 0.3) is 0 Å². The summed E-state index contributed by atoms with van der Waals surface area (Å²) in [5.41, 5.74) is 8.12. The molecule has 1 aromatic heterocycles. The van der Waals surface area contributed by atoms with Crippen LogP contribution in [0.2, 0.25) is 0 Å². The van der Waals surface area contributed by atoms with E-state index in [4.69, 9.17) is 10.5 Å². The van der Waals surface area contributed by atoms with Crippen LogP contribution >= 0.6 is 11.8 Å². The maximum Gasteiger partial charge on any atom is 0.128 e. The Bertz CT molecular complexity index is 380. The molecule has 0 radical (unpaired) electrons. The van der Waals surface area contributed by atoms with Gasteiger partial charge in [0.2, 0.25) is 0 Å². The third-order valence-corrected chi connectivity index (χ3v) is 3.97. The Balaban J connectivity index is 2.24. The summed E-state index contributed by atoms with van der Waals surface area (Å²) in [6, 6.07) is 2.21. The van der Waals surface area contributed by atoms with Gasteiger partial charge >= 0.3 is 0 Å². The summed E-state index contributed by atoms with van der Waals surface area (Å²) < 4.78 is 5.81. The van der Waals surface area contributed by atoms with Crippen molar-refractivity contribution < 1.29 is 4.74 Å². The van der Waals surface area contributed by atoms with E-state index in [0.717, 1.165) is 29.2 Å². The summed E-state index contributed by atoms with van der Waals surface area (Å²) in [4.78, 5) is 4.22. The SMILES string of the molecule is CNC(c1cc(C)cnc1N)C1CSCCO1. The molecule has 0 bridgehead atoms. The van der Waals surface area contributed by atoms with E-state index in [1.807, 2.05) is 25.7 Å². The Morgan fingerprint density at radius 2 is 2.47 bits per heavy atom. The molecule has 0 spiro atoms. The van der Waals surface area contributed by atoms with Crippen LogP contribution in [0.25, 0.3) is 0 Å². The number of nitrogens with zero attached hydrogens (tertiary/aromatic N) is 1. The number of aryl methyl sites for hydroxylation is 1. The normalized spacial score (nSPS) is 22.4. The fourth-order valence-corrected chi connectivity index (χ4v) is 2.99. The van der Waals surface area contributed by atoms with Crippen LogP contribution in [0.15, 0.2) is 12.3 Å². The number of ether oxygens (including phenoxy) is 1. The first-order valence-electron chi connectivity index (χ1n) is 5.81. The standard InChI is InChI=1S/C12H19N3OS/c1-8-5-9(12(13)15-6-8)11(14-2)10-7-17-4-3-16-10/h5-6,10-11,14H,3-4,7H2,1-2H3,(H2,13,15). The maximum atomic E-state index is 5.96. The van der Waals surface area contributed by atoms with E-state index in [1.54, 1.807) is 6.20 Å². The summed E-state index contributed by atoms with van der Waals surface area (Å²) >= 11 is 1.93. The number of rotatable bonds is 3. The number of hydrogen-bond donors (Lipinski definition) is 2. The maximum absolute atomic E-state index is 5.96. The molecule has 4 nitrogen and oxygen atoms in total. The fourth-order valence-electron chi connectivity index (χ4n) is 2.09. The zero-order chi connectivity index (χ0) is 12.3. The van der Waals surface area contributed by atoms with Crippen LogP contribution in [0.1, 0.15) is 17.2 Å². The first kappa shape index (κ1) is 12.7. The Labute approximate surface area is 106 Å². The van der Waals surface area contributed by atoms with Crippen LogP contribution in [-0.4, -0.2) is 36.2 Å². The van der Waals surface area contributed by atoms with E-state index in [2.05, 4.69) is 16.4 Å². The van der Waals surface area contributed by atoms with Crippen molar-refractivity contribution in [2.45, 2.75) is 19.1 Å². The van der Waals surface area contributed by atoms with Crippen LogP contribution in [0.3, 0.4) is 0 Å². The van der Waals surface area contributed by atoms with Gasteiger partial charge in [-0.3, -0.25) is 0 Å². The molecule has 1 fully saturated rings. The van der Waals surface area contributed by atoms with Gasteiger partial charge in [0.15, 0.2) is 0 Å². The van der Waals surface area contributed by atoms with Gasteiger partial charge in [-0.05, 0) is 25.6 Å². The predicted molar refractivity (Wildman–Crippen MR) is 72.3 cm³/mol. The smallest absolute Gasteiger partial charge is 0.128 e. The topological polar surface area (TPSA) is 60.2 Å². The second kappa shape index (κ2) is 5.71. The quantitative estimate of drug-likeness (QED) is 0.852. The van der Waals surface area contributed by atoms with Crippen molar-refractivity contribution >= 4 is 17.6 Å². The molecule has 5 heteroatoms. The van der Waals surface area contributed by atoms with Crippen molar-refractivity contribution in [3.8, 4) is 0 Å². The molecule has 0 aromatic carbocycles. The van der Waals surface area contributed by atoms with Crippen molar-refractivity contribution in [1.82, 2.24) is 10.3 Å². The summed E-state index contributed by atoms with van der Waals surface area (Å²) in [5.74, 6) is 2.67. The number of anilines is 1. The van der Waals surface area contributed by atoms with E-state index in [-0.39, 0.29) is 12.1 Å². The molecule has 0 saturated carbocycles. The molecule has 2 unspecified atom stereocenters. The summed E-state index contributed by atoms with van der Waals surface area (Å²) in [6.07, 6.45) is 1.96. The molecule has 17 heavy (non-hydrogen) atoms. The van der Waals surface area contributed by atoms with Crippen molar-refractivity contribution in [2.75, 3.05) is 30.9 Å². The lowest BCUT2D eigenvalue weighted by molar-refractivity contribution is 0.0489. The third-order valence-electron chi connectivity index (χ3n) is 2.95. The van der Waals surface area contributed by atoms with Gasteiger partial charge in [-0.2, -0.15) is 11.8 Å². The summed E-state index contributed by atoms with van der Waals surface area (Å²) in [7, 11) is 1.94. The highest BCUT2D eigenvalue weighted by Crippen LogP contribution is 2.28. The molecular formula is C12H19N3OS. The minimum Gasteiger partial charge on any atom is -0.383 e. The fraction of sp³-hybridized carbons (Fsp3) is 0.583. The lowest BCUT2D eigenvalue weighted by Crippen LogP contribution is -2.37. The lowest BCUT2D eigenvalue weighted by Gasteiger charge is -2.30. The molecule has 3 N–H and O–H groups in total. The van der Waals surface area contributed by atoms with E-state index in [9.17, 15) is 0 Å². The van der Waals surface area contributed by atoms with Crippen molar-refractivity contribution in [1.29, 1.82) is 0 Å². The van der Waals surface area contributed by atoms with Gasteiger partial charge in [0.1, 0.15) is 5.82 Å². The van der Waals surface area contributed by atoms with E-state index >= 15 is 0 Å². The van der Waals surface area contributed by atoms with Crippen molar-refractivity contribution in [2.24, 2.45) is 0 Å². The number of aromatic nitrogens is 1. The number of nitrogen functional groups attached to an aromatic ring is 1. The van der Waals surface area contributed by atoms with Crippen LogP contribution in [-0.2, 0) is 4.74 Å². The average Bonchev–Trinajstić information content (AvgIpc) is 2.36. The minimum atomic E-state index is 0.121. The van der Waals surface area contributed by atoms with Gasteiger partial charge in [0.05, 0.1) is 18.8 Å². The molecular weight excluding hydrogens is 234 g/mol. The molecule has 1 aromatic rings. The monoisotopic (exact) mass is 253 g/mol. The Morgan fingerprint density at radius 3 is 3.12 bits per heavy atom. The first-order valence-corrected chi connectivity index (χ1v) is 6.96. The molecule has 0 aliphatic carbocycles. The van der Waals surface area contributed by atoms with Gasteiger partial charge in [-0.1, -0.05) is 0 Å². The van der Waals surface area contributed by atoms with Gasteiger partial charge in [0, 0.05) is 23.3 Å². The molecule has 2 rings (SSSR count). The highest BCUT2D eigenvalue weighted by molar-refractivity contribution is 7.99. The third kappa shape index (κ3) is 2.91. The number of thioether (sulfide) groups is 1. The summed E-state index contributed by atoms with van der Waals surface area (Å²) in [5, 5.41) is 3.30. The van der Waals surface area contributed by atoms with Crippen LogP contribution in [0, 0.1) is 6.92 Å². The first-order chi connectivity index (χ1) is 8.22. The highest BCUT2D eigenvalue weighted by atomic mass is 32.2. The molecule has 94 valence electrons. The number of nitrogens with one attached hydrogen (secondary N) is 1. The number of pyridine rings is 1. The lowest BCUT2D eigenvalue weighted by atomic mass is 10.0. The van der Waals surface area contributed by atoms with Gasteiger partial charge < -0.3 is 15.8 Å². The minimum absolute atomic E-state index is 0.121. The van der Waals surface area contributed by atoms with E-state index in [1.165, 1.54) is 0 Å². The average molecular weight is 253 g/mol. The Hall–Kier alpha value is -0.780. The van der Waals surface area contributed by atoms with Crippen molar-refractivity contribution in [3.63, 3.8) is 0 Å². The van der Waals surface area contributed by atoms with Crippen LogP contribution < -0.4 is 11.1 Å². The summed E-state index contributed by atoms with van der Waals surface area (Å²) in [6.45, 7) is 2.84. The molecule has 1 saturated heterocycles. The largest absolute Gasteiger partial charge is 0.383 e. The molecule has 1 aliphatic rings. The van der Waals surface area contributed by atoms with E-state index in [0.29, 0.717) is 5.82 Å². The zero-order valence-corrected chi connectivity index (χ0v) is 11.1. The van der Waals surface area contributed by atoms with E-state index < -0.39 is 0 Å². The molecule has 0 amide bonds. The number of nitrogens with two attached hydrogens (primary N) is 1. The van der Waals surface area contributed by atoms with Crippen molar-refractivity contribution in [3.05, 3.63) is 23.4 Å². The predicted octanol–water partition coefficient (Wildman–Crippen LogP) is 1.36. The number of likely N-dealkylation sites (N-methyl/N-ethyl adjacent to an activating group) is 1. The molecule has 2 atom stereocenters. The van der Waals surface area contributed by atoms with Crippen LogP contribution in [0.4, 0.5) is 5.82 Å². The number of hydrogen-bond acceptors (Lipinski definition) is 5. The van der Waals surface area contributed by atoms with Gasteiger partial charge in [-0.15, -0.1) is 0 Å².